The Morgan fingerprint density at radius 2 is 2.10 bits per heavy atom. The zero-order valence-corrected chi connectivity index (χ0v) is 13.1. The average molecular weight is 314 g/mol. The first kappa shape index (κ1) is 16.0. The standard InChI is InChI=1S/C14H22N2O4S/c1-2-3-12-21(18,19)16-8-5-7-15(9-10-16)14(17)13-6-4-11-20-13/h4,6,11H,2-3,5,7-10,12H2,1H3. The molecule has 1 aliphatic heterocycles. The summed E-state index contributed by atoms with van der Waals surface area (Å²) < 4.78 is 31.0. The van der Waals surface area contributed by atoms with E-state index in [-0.39, 0.29) is 11.7 Å². The van der Waals surface area contributed by atoms with Crippen molar-refractivity contribution in [2.24, 2.45) is 0 Å². The first-order valence-corrected chi connectivity index (χ1v) is 8.96. The third-order valence-corrected chi connectivity index (χ3v) is 5.58. The minimum atomic E-state index is -3.20. The van der Waals surface area contributed by atoms with Crippen molar-refractivity contribution in [1.29, 1.82) is 0 Å². The molecule has 0 atom stereocenters. The van der Waals surface area contributed by atoms with Crippen LogP contribution in [0.5, 0.6) is 0 Å². The molecule has 0 saturated carbocycles. The van der Waals surface area contributed by atoms with Gasteiger partial charge in [0.25, 0.3) is 5.91 Å². The van der Waals surface area contributed by atoms with E-state index in [1.165, 1.54) is 10.6 Å². The van der Waals surface area contributed by atoms with Gasteiger partial charge >= 0.3 is 0 Å². The summed E-state index contributed by atoms with van der Waals surface area (Å²) in [4.78, 5) is 13.9. The first-order chi connectivity index (χ1) is 10.0. The Kier molecular flexibility index (Phi) is 5.41. The third-order valence-electron chi connectivity index (χ3n) is 3.62. The molecule has 0 bridgehead atoms. The Balaban J connectivity index is 1.97. The lowest BCUT2D eigenvalue weighted by Crippen LogP contribution is -2.38. The van der Waals surface area contributed by atoms with Gasteiger partial charge < -0.3 is 9.32 Å². The third kappa shape index (κ3) is 4.07. The fourth-order valence-corrected chi connectivity index (χ4v) is 4.07. The number of carbonyl (C=O) groups excluding carboxylic acids is 1. The molecule has 0 aliphatic carbocycles. The van der Waals surface area contributed by atoms with Crippen molar-refractivity contribution in [2.45, 2.75) is 26.2 Å². The summed E-state index contributed by atoms with van der Waals surface area (Å²) in [5.74, 6) is 0.320. The zero-order valence-electron chi connectivity index (χ0n) is 12.3. The van der Waals surface area contributed by atoms with Gasteiger partial charge in [-0.2, -0.15) is 0 Å². The number of carbonyl (C=O) groups is 1. The summed E-state index contributed by atoms with van der Waals surface area (Å²) in [6.07, 6.45) is 3.65. The highest BCUT2D eigenvalue weighted by molar-refractivity contribution is 7.89. The summed E-state index contributed by atoms with van der Waals surface area (Å²) in [6.45, 7) is 3.78. The van der Waals surface area contributed by atoms with Gasteiger partial charge in [-0.1, -0.05) is 13.3 Å². The van der Waals surface area contributed by atoms with E-state index in [1.807, 2.05) is 6.92 Å². The predicted molar refractivity (Wildman–Crippen MR) is 79.5 cm³/mol. The lowest BCUT2D eigenvalue weighted by atomic mass is 10.3. The number of rotatable bonds is 5. The minimum Gasteiger partial charge on any atom is -0.459 e. The minimum absolute atomic E-state index is 0.173. The van der Waals surface area contributed by atoms with Crippen LogP contribution >= 0.6 is 0 Å². The van der Waals surface area contributed by atoms with Gasteiger partial charge in [-0.25, -0.2) is 12.7 Å². The highest BCUT2D eigenvalue weighted by atomic mass is 32.2. The first-order valence-electron chi connectivity index (χ1n) is 7.35. The molecule has 1 saturated heterocycles. The Bertz CT molecular complexity index is 554. The maximum atomic E-state index is 12.2. The number of sulfonamides is 1. The molecule has 1 aromatic heterocycles. The van der Waals surface area contributed by atoms with Gasteiger partial charge in [0.2, 0.25) is 10.0 Å². The molecule has 0 aromatic carbocycles. The number of hydrogen-bond donors (Lipinski definition) is 0. The van der Waals surface area contributed by atoms with E-state index in [2.05, 4.69) is 0 Å². The molecular formula is C14H22N2O4S. The number of unbranched alkanes of at least 4 members (excludes halogenated alkanes) is 1. The van der Waals surface area contributed by atoms with Crippen molar-refractivity contribution in [2.75, 3.05) is 31.9 Å². The Hall–Kier alpha value is -1.34. The molecule has 2 heterocycles. The Morgan fingerprint density at radius 3 is 2.76 bits per heavy atom. The molecule has 7 heteroatoms. The molecule has 1 aromatic rings. The summed E-state index contributed by atoms with van der Waals surface area (Å²) in [5.41, 5.74) is 0. The normalized spacial score (nSPS) is 17.7. The van der Waals surface area contributed by atoms with Gasteiger partial charge in [-0.05, 0) is 25.0 Å². The van der Waals surface area contributed by atoms with Crippen LogP contribution in [0.1, 0.15) is 36.7 Å². The number of furan rings is 1. The van der Waals surface area contributed by atoms with E-state index in [0.717, 1.165) is 6.42 Å². The number of amides is 1. The second-order valence-corrected chi connectivity index (χ2v) is 7.28. The van der Waals surface area contributed by atoms with Crippen LogP contribution in [0, 0.1) is 0 Å². The maximum Gasteiger partial charge on any atom is 0.289 e. The van der Waals surface area contributed by atoms with Crippen LogP contribution in [0.3, 0.4) is 0 Å². The Labute approximate surface area is 125 Å². The van der Waals surface area contributed by atoms with E-state index in [0.29, 0.717) is 44.8 Å². The van der Waals surface area contributed by atoms with E-state index >= 15 is 0 Å². The monoisotopic (exact) mass is 314 g/mol. The molecule has 0 unspecified atom stereocenters. The summed E-state index contributed by atoms with van der Waals surface area (Å²) >= 11 is 0. The SMILES string of the molecule is CCCCS(=O)(=O)N1CCCN(C(=O)c2ccco2)CC1. The van der Waals surface area contributed by atoms with Crippen LogP contribution in [-0.2, 0) is 10.0 Å². The lowest BCUT2D eigenvalue weighted by Gasteiger charge is -2.21. The molecule has 6 nitrogen and oxygen atoms in total. The van der Waals surface area contributed by atoms with Crippen molar-refractivity contribution in [3.05, 3.63) is 24.2 Å². The van der Waals surface area contributed by atoms with Gasteiger partial charge in [0.1, 0.15) is 0 Å². The quantitative estimate of drug-likeness (QED) is 0.827. The molecule has 0 N–H and O–H groups in total. The molecule has 1 amide bonds. The molecule has 2 rings (SSSR count). The number of nitrogens with zero attached hydrogens (tertiary/aromatic N) is 2. The van der Waals surface area contributed by atoms with Crippen molar-refractivity contribution >= 4 is 15.9 Å². The summed E-state index contributed by atoms with van der Waals surface area (Å²) in [7, 11) is -3.20. The zero-order chi connectivity index (χ0) is 15.3. The van der Waals surface area contributed by atoms with Crippen molar-refractivity contribution in [1.82, 2.24) is 9.21 Å². The van der Waals surface area contributed by atoms with Gasteiger partial charge in [-0.3, -0.25) is 4.79 Å². The van der Waals surface area contributed by atoms with Gasteiger partial charge in [0.15, 0.2) is 5.76 Å². The van der Waals surface area contributed by atoms with E-state index in [1.54, 1.807) is 17.0 Å². The highest BCUT2D eigenvalue weighted by Gasteiger charge is 2.27. The maximum absolute atomic E-state index is 12.2. The molecular weight excluding hydrogens is 292 g/mol. The predicted octanol–water partition coefficient (Wildman–Crippen LogP) is 1.56. The second kappa shape index (κ2) is 7.09. The van der Waals surface area contributed by atoms with Gasteiger partial charge in [-0.15, -0.1) is 0 Å². The van der Waals surface area contributed by atoms with Crippen molar-refractivity contribution in [3.8, 4) is 0 Å². The van der Waals surface area contributed by atoms with Crippen LogP contribution in [-0.4, -0.2) is 55.5 Å². The van der Waals surface area contributed by atoms with E-state index < -0.39 is 10.0 Å². The average Bonchev–Trinajstić information content (AvgIpc) is 2.88. The van der Waals surface area contributed by atoms with Crippen molar-refractivity contribution < 1.29 is 17.6 Å². The molecule has 21 heavy (non-hydrogen) atoms. The van der Waals surface area contributed by atoms with Crippen molar-refractivity contribution in [3.63, 3.8) is 0 Å². The highest BCUT2D eigenvalue weighted by Crippen LogP contribution is 2.13. The summed E-state index contributed by atoms with van der Waals surface area (Å²) in [5, 5.41) is 0. The Morgan fingerprint density at radius 1 is 1.29 bits per heavy atom. The van der Waals surface area contributed by atoms with Crippen LogP contribution in [0.15, 0.2) is 22.8 Å². The smallest absolute Gasteiger partial charge is 0.289 e. The molecule has 0 spiro atoms. The van der Waals surface area contributed by atoms with Crippen LogP contribution in [0.2, 0.25) is 0 Å². The molecule has 1 aliphatic rings. The lowest BCUT2D eigenvalue weighted by molar-refractivity contribution is 0.0732. The molecule has 0 radical (unpaired) electrons. The summed E-state index contributed by atoms with van der Waals surface area (Å²) in [6, 6.07) is 3.30. The fourth-order valence-electron chi connectivity index (χ4n) is 2.39. The molecule has 1 fully saturated rings. The second-order valence-electron chi connectivity index (χ2n) is 5.19. The number of hydrogen-bond acceptors (Lipinski definition) is 4. The fraction of sp³-hybridized carbons (Fsp3) is 0.643. The molecule has 118 valence electrons. The largest absolute Gasteiger partial charge is 0.459 e. The van der Waals surface area contributed by atoms with Gasteiger partial charge in [0, 0.05) is 26.2 Å². The van der Waals surface area contributed by atoms with Crippen LogP contribution in [0.25, 0.3) is 0 Å². The van der Waals surface area contributed by atoms with Crippen LogP contribution in [0.4, 0.5) is 0 Å². The topological polar surface area (TPSA) is 70.8 Å². The van der Waals surface area contributed by atoms with E-state index in [9.17, 15) is 13.2 Å². The van der Waals surface area contributed by atoms with E-state index in [4.69, 9.17) is 4.42 Å². The van der Waals surface area contributed by atoms with Crippen LogP contribution < -0.4 is 0 Å². The van der Waals surface area contributed by atoms with Gasteiger partial charge in [0.05, 0.1) is 12.0 Å².